The van der Waals surface area contributed by atoms with Crippen LogP contribution >= 0.6 is 15.9 Å². The molecule has 0 spiro atoms. The second-order valence-electron chi connectivity index (χ2n) is 6.30. The fraction of sp³-hybridized carbons (Fsp3) is 0.444. The van der Waals surface area contributed by atoms with Gasteiger partial charge in [0.1, 0.15) is 6.29 Å². The van der Waals surface area contributed by atoms with Crippen molar-refractivity contribution < 1.29 is 4.79 Å². The van der Waals surface area contributed by atoms with Gasteiger partial charge in [0.25, 0.3) is 0 Å². The molecule has 3 rings (SSSR count). The Hall–Kier alpha value is -1.64. The number of piperidine rings is 1. The quantitative estimate of drug-likeness (QED) is 0.760. The summed E-state index contributed by atoms with van der Waals surface area (Å²) in [5, 5.41) is 9.07. The number of carbonyl (C=O) groups is 1. The number of pyridine rings is 1. The molecule has 23 heavy (non-hydrogen) atoms. The Morgan fingerprint density at radius 3 is 2.70 bits per heavy atom. The first-order chi connectivity index (χ1) is 11.0. The van der Waals surface area contributed by atoms with Crippen molar-refractivity contribution in [3.63, 3.8) is 0 Å². The first kappa shape index (κ1) is 16.2. The molecule has 1 fully saturated rings. The summed E-state index contributed by atoms with van der Waals surface area (Å²) in [4.78, 5) is 13.9. The van der Waals surface area contributed by atoms with Crippen LogP contribution < -0.4 is 0 Å². The van der Waals surface area contributed by atoms with Crippen LogP contribution in [0, 0.1) is 24.2 Å². The molecule has 0 saturated carbocycles. The van der Waals surface area contributed by atoms with Crippen LogP contribution in [0.4, 0.5) is 0 Å². The maximum atomic E-state index is 11.4. The molecule has 1 aliphatic heterocycles. The maximum Gasteiger partial charge on any atom is 0.150 e. The van der Waals surface area contributed by atoms with Gasteiger partial charge in [0, 0.05) is 52.5 Å². The lowest BCUT2D eigenvalue weighted by atomic mass is 9.95. The zero-order valence-corrected chi connectivity index (χ0v) is 15.0. The van der Waals surface area contributed by atoms with Gasteiger partial charge in [-0.15, -0.1) is 0 Å². The first-order valence-electron chi connectivity index (χ1n) is 7.95. The Morgan fingerprint density at radius 2 is 2.09 bits per heavy atom. The summed E-state index contributed by atoms with van der Waals surface area (Å²) in [5.41, 5.74) is 3.96. The molecule has 2 aromatic rings. The first-order valence-corrected chi connectivity index (χ1v) is 8.74. The molecule has 4 nitrogen and oxygen atoms in total. The van der Waals surface area contributed by atoms with E-state index in [0.717, 1.165) is 59.0 Å². The van der Waals surface area contributed by atoms with E-state index < -0.39 is 0 Å². The van der Waals surface area contributed by atoms with E-state index >= 15 is 0 Å². The standard InChI is InChI=1S/C18H20BrN3O/c1-12-15(11-23)7-17-8-16(19)10-22(17)18(12)13(2)21-5-3-14(9-20)4-6-21/h7-8,10-11,13-14H,3-6H2,1-2H3. The molecule has 1 atom stereocenters. The van der Waals surface area contributed by atoms with Crippen LogP contribution in [0.25, 0.3) is 5.52 Å². The van der Waals surface area contributed by atoms with Gasteiger partial charge >= 0.3 is 0 Å². The predicted octanol–water partition coefficient (Wildman–Crippen LogP) is 4.12. The Morgan fingerprint density at radius 1 is 1.39 bits per heavy atom. The fourth-order valence-corrected chi connectivity index (χ4v) is 4.03. The number of halogens is 1. The van der Waals surface area contributed by atoms with Crippen LogP contribution in [0.1, 0.15) is 47.4 Å². The van der Waals surface area contributed by atoms with Gasteiger partial charge in [-0.25, -0.2) is 0 Å². The summed E-state index contributed by atoms with van der Waals surface area (Å²) < 4.78 is 3.18. The van der Waals surface area contributed by atoms with E-state index in [2.05, 4.69) is 44.4 Å². The van der Waals surface area contributed by atoms with Crippen molar-refractivity contribution >= 4 is 27.7 Å². The fourth-order valence-electron chi connectivity index (χ4n) is 3.59. The van der Waals surface area contributed by atoms with E-state index in [0.29, 0.717) is 0 Å². The van der Waals surface area contributed by atoms with Crippen molar-refractivity contribution in [1.82, 2.24) is 9.30 Å². The number of aromatic nitrogens is 1. The topological polar surface area (TPSA) is 48.5 Å². The predicted molar refractivity (Wildman–Crippen MR) is 93.5 cm³/mol. The van der Waals surface area contributed by atoms with Gasteiger partial charge in [-0.2, -0.15) is 5.26 Å². The van der Waals surface area contributed by atoms with Crippen molar-refractivity contribution in [1.29, 1.82) is 5.26 Å². The lowest BCUT2D eigenvalue weighted by Crippen LogP contribution is -2.36. The Labute approximate surface area is 144 Å². The van der Waals surface area contributed by atoms with Gasteiger partial charge in [-0.1, -0.05) is 0 Å². The number of rotatable bonds is 3. The average Bonchev–Trinajstić information content (AvgIpc) is 2.93. The van der Waals surface area contributed by atoms with Gasteiger partial charge in [0.05, 0.1) is 6.07 Å². The number of carbonyl (C=O) groups excluding carboxylic acids is 1. The third-order valence-electron chi connectivity index (χ3n) is 4.98. The van der Waals surface area contributed by atoms with Crippen LogP contribution in [0.2, 0.25) is 0 Å². The van der Waals surface area contributed by atoms with Crippen LogP contribution in [0.15, 0.2) is 22.8 Å². The molecular weight excluding hydrogens is 354 g/mol. The zero-order chi connectivity index (χ0) is 16.6. The molecule has 5 heteroatoms. The summed E-state index contributed by atoms with van der Waals surface area (Å²) in [6, 6.07) is 6.55. The Kier molecular flexibility index (Phi) is 4.56. The summed E-state index contributed by atoms with van der Waals surface area (Å²) >= 11 is 3.53. The van der Waals surface area contributed by atoms with E-state index in [1.807, 2.05) is 19.1 Å². The van der Waals surface area contributed by atoms with Crippen LogP contribution in [-0.2, 0) is 0 Å². The zero-order valence-electron chi connectivity index (χ0n) is 13.4. The van der Waals surface area contributed by atoms with E-state index in [-0.39, 0.29) is 12.0 Å². The molecule has 0 amide bonds. The highest BCUT2D eigenvalue weighted by molar-refractivity contribution is 9.10. The lowest BCUT2D eigenvalue weighted by molar-refractivity contribution is 0.112. The third kappa shape index (κ3) is 2.93. The summed E-state index contributed by atoms with van der Waals surface area (Å²) in [7, 11) is 0. The van der Waals surface area contributed by atoms with Gasteiger partial charge in [-0.05, 0) is 60.3 Å². The number of aldehydes is 1. The second kappa shape index (κ2) is 6.46. The van der Waals surface area contributed by atoms with E-state index in [4.69, 9.17) is 5.26 Å². The third-order valence-corrected chi connectivity index (χ3v) is 5.41. The lowest BCUT2D eigenvalue weighted by Gasteiger charge is -2.35. The van der Waals surface area contributed by atoms with Crippen molar-refractivity contribution in [3.05, 3.63) is 39.6 Å². The number of hydrogen-bond donors (Lipinski definition) is 0. The number of nitriles is 1. The van der Waals surface area contributed by atoms with Gasteiger partial charge in [0.2, 0.25) is 0 Å². The van der Waals surface area contributed by atoms with E-state index in [9.17, 15) is 4.79 Å². The highest BCUT2D eigenvalue weighted by atomic mass is 79.9. The molecule has 120 valence electrons. The molecule has 2 aromatic heterocycles. The minimum Gasteiger partial charge on any atom is -0.318 e. The summed E-state index contributed by atoms with van der Waals surface area (Å²) in [5.74, 6) is 0.182. The van der Waals surface area contributed by atoms with Crippen LogP contribution in [0.5, 0.6) is 0 Å². The molecule has 3 heterocycles. The SMILES string of the molecule is Cc1c(C=O)cc2cc(Br)cn2c1C(C)N1CCC(C#N)CC1. The van der Waals surface area contributed by atoms with E-state index in [1.54, 1.807) is 0 Å². The minimum absolute atomic E-state index is 0.182. The van der Waals surface area contributed by atoms with Crippen LogP contribution in [0.3, 0.4) is 0 Å². The molecule has 0 bridgehead atoms. The largest absolute Gasteiger partial charge is 0.318 e. The monoisotopic (exact) mass is 373 g/mol. The number of hydrogen-bond acceptors (Lipinski definition) is 3. The van der Waals surface area contributed by atoms with Gasteiger partial charge < -0.3 is 4.40 Å². The molecule has 0 aromatic carbocycles. The number of fused-ring (bicyclic) bond motifs is 1. The number of likely N-dealkylation sites (tertiary alicyclic amines) is 1. The summed E-state index contributed by atoms with van der Waals surface area (Å²) in [6.45, 7) is 6.06. The number of nitrogens with zero attached hydrogens (tertiary/aromatic N) is 3. The van der Waals surface area contributed by atoms with Crippen LogP contribution in [-0.4, -0.2) is 28.7 Å². The highest BCUT2D eigenvalue weighted by Crippen LogP contribution is 2.31. The maximum absolute atomic E-state index is 11.4. The molecular formula is C18H20BrN3O. The molecule has 1 aliphatic rings. The molecule has 0 N–H and O–H groups in total. The average molecular weight is 374 g/mol. The van der Waals surface area contributed by atoms with Crippen molar-refractivity contribution in [2.45, 2.75) is 32.7 Å². The molecule has 0 radical (unpaired) electrons. The Balaban J connectivity index is 2.02. The van der Waals surface area contributed by atoms with Crippen molar-refractivity contribution in [3.8, 4) is 6.07 Å². The van der Waals surface area contributed by atoms with Crippen molar-refractivity contribution in [2.24, 2.45) is 5.92 Å². The molecule has 1 saturated heterocycles. The molecule has 1 unspecified atom stereocenters. The molecule has 0 aliphatic carbocycles. The minimum atomic E-state index is 0.182. The summed E-state index contributed by atoms with van der Waals surface area (Å²) in [6.07, 6.45) is 4.84. The second-order valence-corrected chi connectivity index (χ2v) is 7.21. The smallest absolute Gasteiger partial charge is 0.150 e. The van der Waals surface area contributed by atoms with Gasteiger partial charge in [0.15, 0.2) is 0 Å². The Bertz CT molecular complexity index is 782. The normalized spacial score (nSPS) is 18.0. The van der Waals surface area contributed by atoms with Crippen molar-refractivity contribution in [2.75, 3.05) is 13.1 Å². The van der Waals surface area contributed by atoms with Gasteiger partial charge in [-0.3, -0.25) is 9.69 Å². The highest BCUT2D eigenvalue weighted by Gasteiger charge is 2.26. The van der Waals surface area contributed by atoms with E-state index in [1.165, 1.54) is 0 Å².